The van der Waals surface area contributed by atoms with Gasteiger partial charge in [-0.05, 0) is 56.8 Å². The Balaban J connectivity index is 1.26. The zero-order valence-electron chi connectivity index (χ0n) is 15.5. The molecule has 0 bridgehead atoms. The first-order chi connectivity index (χ1) is 12.6. The van der Waals surface area contributed by atoms with Gasteiger partial charge in [0.2, 0.25) is 6.23 Å². The third kappa shape index (κ3) is 3.89. The first-order valence-electron chi connectivity index (χ1n) is 9.77. The predicted molar refractivity (Wildman–Crippen MR) is 92.9 cm³/mol. The topological polar surface area (TPSA) is 105 Å². The van der Waals surface area contributed by atoms with Gasteiger partial charge < -0.3 is 14.8 Å². The van der Waals surface area contributed by atoms with Gasteiger partial charge in [0, 0.05) is 13.2 Å². The summed E-state index contributed by atoms with van der Waals surface area (Å²) in [5, 5.41) is 6.68. The average Bonchev–Trinajstić information content (AvgIpc) is 3.35. The number of fused-ring (bicyclic) bond motifs is 1. The summed E-state index contributed by atoms with van der Waals surface area (Å²) in [7, 11) is 1.68. The second kappa shape index (κ2) is 8.05. The summed E-state index contributed by atoms with van der Waals surface area (Å²) in [5.41, 5.74) is 8.93. The van der Waals surface area contributed by atoms with Crippen LogP contribution in [0.5, 0.6) is 0 Å². The second-order valence-corrected chi connectivity index (χ2v) is 7.96. The summed E-state index contributed by atoms with van der Waals surface area (Å²) >= 11 is 0. The van der Waals surface area contributed by atoms with Crippen molar-refractivity contribution in [3.63, 3.8) is 0 Å². The third-order valence-electron chi connectivity index (χ3n) is 6.26. The molecule has 0 radical (unpaired) electrons. The van der Waals surface area contributed by atoms with E-state index in [2.05, 4.69) is 27.0 Å². The molecule has 4 rings (SSSR count). The van der Waals surface area contributed by atoms with Crippen molar-refractivity contribution in [1.29, 1.82) is 0 Å². The highest BCUT2D eigenvalue weighted by Gasteiger charge is 2.44. The van der Waals surface area contributed by atoms with Crippen LogP contribution in [-0.2, 0) is 19.1 Å². The maximum atomic E-state index is 12.4. The second-order valence-electron chi connectivity index (χ2n) is 7.96. The number of rotatable bonds is 5. The molecule has 2 aliphatic carbocycles. The largest absolute Gasteiger partial charge is 0.380 e. The van der Waals surface area contributed by atoms with E-state index < -0.39 is 6.23 Å². The summed E-state index contributed by atoms with van der Waals surface area (Å²) < 4.78 is 10.7. The van der Waals surface area contributed by atoms with Gasteiger partial charge in [-0.25, -0.2) is 10.9 Å². The quantitative estimate of drug-likeness (QED) is 0.443. The fourth-order valence-electron chi connectivity index (χ4n) is 5.02. The highest BCUT2D eigenvalue weighted by Crippen LogP contribution is 2.45. The van der Waals surface area contributed by atoms with Gasteiger partial charge in [0.05, 0.1) is 12.8 Å². The number of ether oxygens (including phenoxy) is 2. The molecule has 4 aliphatic rings. The van der Waals surface area contributed by atoms with Crippen molar-refractivity contribution in [2.45, 2.75) is 69.9 Å². The number of carbonyl (C=O) groups excluding carboxylic acids is 1. The first kappa shape index (κ1) is 18.5. The van der Waals surface area contributed by atoms with Crippen LogP contribution in [0.25, 0.3) is 0 Å². The Kier molecular flexibility index (Phi) is 5.75. The Labute approximate surface area is 154 Å². The van der Waals surface area contributed by atoms with Crippen molar-refractivity contribution in [2.75, 3.05) is 13.7 Å². The van der Waals surface area contributed by atoms with Crippen LogP contribution in [-0.4, -0.2) is 50.5 Å². The van der Waals surface area contributed by atoms with E-state index in [4.69, 9.17) is 14.3 Å². The number of hydrogen-bond donors (Lipinski definition) is 5. The van der Waals surface area contributed by atoms with Gasteiger partial charge in [-0.3, -0.25) is 14.9 Å². The smallest absolute Gasteiger partial charge is 0.265 e. The first-order valence-corrected chi connectivity index (χ1v) is 9.77. The van der Waals surface area contributed by atoms with E-state index >= 15 is 0 Å². The highest BCUT2D eigenvalue weighted by atomic mass is 16.7. The van der Waals surface area contributed by atoms with Crippen LogP contribution >= 0.6 is 0 Å². The molecule has 26 heavy (non-hydrogen) atoms. The average molecular weight is 369 g/mol. The number of hydrazine groups is 1. The molecular formula is C17H31N5O4. The van der Waals surface area contributed by atoms with Crippen LogP contribution in [0.4, 0.5) is 0 Å². The maximum absolute atomic E-state index is 12.4. The van der Waals surface area contributed by atoms with Crippen LogP contribution in [0, 0.1) is 17.8 Å². The lowest BCUT2D eigenvalue weighted by molar-refractivity contribution is -0.133. The fraction of sp³-hybridized carbons (Fsp3) is 0.941. The van der Waals surface area contributed by atoms with E-state index in [0.29, 0.717) is 24.4 Å². The lowest BCUT2D eigenvalue weighted by Crippen LogP contribution is -2.50. The lowest BCUT2D eigenvalue weighted by atomic mass is 9.74. The highest BCUT2D eigenvalue weighted by molar-refractivity contribution is 5.80. The minimum atomic E-state index is -0.595. The van der Waals surface area contributed by atoms with Crippen LogP contribution in [0.3, 0.4) is 0 Å². The number of nitrogens with one attached hydrogen (secondary N) is 5. The molecule has 0 aromatic rings. The normalized spacial score (nSPS) is 45.6. The van der Waals surface area contributed by atoms with E-state index in [0.717, 1.165) is 19.3 Å². The van der Waals surface area contributed by atoms with Gasteiger partial charge in [0.25, 0.3) is 5.91 Å². The zero-order valence-corrected chi connectivity index (χ0v) is 15.5. The van der Waals surface area contributed by atoms with Crippen LogP contribution < -0.4 is 27.0 Å². The molecule has 2 saturated carbocycles. The summed E-state index contributed by atoms with van der Waals surface area (Å²) in [4.78, 5) is 17.9. The fourth-order valence-corrected chi connectivity index (χ4v) is 5.02. The van der Waals surface area contributed by atoms with Crippen molar-refractivity contribution >= 4 is 5.91 Å². The third-order valence-corrected chi connectivity index (χ3v) is 6.26. The van der Waals surface area contributed by atoms with Crippen molar-refractivity contribution < 1.29 is 19.1 Å². The molecule has 1 amide bonds. The molecule has 5 N–H and O–H groups in total. The Morgan fingerprint density at radius 1 is 1.19 bits per heavy atom. The minimum absolute atomic E-state index is 0.0652. The molecule has 9 nitrogen and oxygen atoms in total. The number of hydrogen-bond acceptors (Lipinski definition) is 8. The summed E-state index contributed by atoms with van der Waals surface area (Å²) in [6, 6.07) is 0.261. The van der Waals surface area contributed by atoms with E-state index in [1.807, 2.05) is 6.92 Å². The van der Waals surface area contributed by atoms with Gasteiger partial charge in [-0.15, -0.1) is 0 Å². The monoisotopic (exact) mass is 369 g/mol. The molecule has 0 spiro atoms. The van der Waals surface area contributed by atoms with E-state index in [1.165, 1.54) is 12.8 Å². The Hall–Kier alpha value is -0.810. The van der Waals surface area contributed by atoms with Crippen LogP contribution in [0.1, 0.15) is 39.0 Å². The number of hydroxylamine groups is 1. The molecule has 148 valence electrons. The lowest BCUT2D eigenvalue weighted by Gasteiger charge is -2.36. The molecule has 4 fully saturated rings. The molecule has 0 aromatic heterocycles. The zero-order chi connectivity index (χ0) is 18.1. The standard InChI is InChI=1S/C17H31N5O4/c1-9-20-21-17(25-9)16(23)18-13-6-4-10-7-11(3-5-12(10)13)15-19-14(8-24-2)26-22-15/h9-15,17,19-22H,3-8H2,1-2H3,(H,18,23)/t9?,10?,11?,12?,13-,14?,15?,17?/m1/s1. The van der Waals surface area contributed by atoms with Gasteiger partial charge in [0.1, 0.15) is 6.23 Å². The van der Waals surface area contributed by atoms with Gasteiger partial charge >= 0.3 is 0 Å². The Bertz CT molecular complexity index is 510. The molecule has 8 atom stereocenters. The predicted octanol–water partition coefficient (Wildman–Crippen LogP) is -0.483. The van der Waals surface area contributed by atoms with Crippen molar-refractivity contribution in [1.82, 2.24) is 27.0 Å². The van der Waals surface area contributed by atoms with Gasteiger partial charge in [-0.2, -0.15) is 5.48 Å². The minimum Gasteiger partial charge on any atom is -0.380 e. The molecule has 9 heteroatoms. The molecule has 2 heterocycles. The summed E-state index contributed by atoms with van der Waals surface area (Å²) in [6.07, 6.45) is 5.05. The van der Waals surface area contributed by atoms with Crippen molar-refractivity contribution in [2.24, 2.45) is 17.8 Å². The number of carbonyl (C=O) groups is 1. The molecule has 2 aliphatic heterocycles. The summed E-state index contributed by atoms with van der Waals surface area (Å²) in [5.74, 6) is 1.72. The number of amides is 1. The van der Waals surface area contributed by atoms with Crippen LogP contribution in [0.15, 0.2) is 0 Å². The number of methoxy groups -OCH3 is 1. The van der Waals surface area contributed by atoms with Crippen LogP contribution in [0.2, 0.25) is 0 Å². The van der Waals surface area contributed by atoms with Crippen molar-refractivity contribution in [3.05, 3.63) is 0 Å². The van der Waals surface area contributed by atoms with E-state index in [1.54, 1.807) is 7.11 Å². The van der Waals surface area contributed by atoms with E-state index in [9.17, 15) is 4.79 Å². The SMILES string of the molecule is COCC1NC(C2CCC3C(CC[C@H]3NC(=O)C3NNC(C)O3)C2)NO1. The maximum Gasteiger partial charge on any atom is 0.265 e. The van der Waals surface area contributed by atoms with Gasteiger partial charge in [0.15, 0.2) is 6.23 Å². The molecule has 7 unspecified atom stereocenters. The molecule has 0 aromatic carbocycles. The van der Waals surface area contributed by atoms with Gasteiger partial charge in [-0.1, -0.05) is 0 Å². The molecule has 2 saturated heterocycles. The Morgan fingerprint density at radius 3 is 2.81 bits per heavy atom. The van der Waals surface area contributed by atoms with Crippen molar-refractivity contribution in [3.8, 4) is 0 Å². The summed E-state index contributed by atoms with van der Waals surface area (Å²) in [6.45, 7) is 2.42. The molecular weight excluding hydrogens is 338 g/mol. The Morgan fingerprint density at radius 2 is 2.04 bits per heavy atom. The van der Waals surface area contributed by atoms with E-state index in [-0.39, 0.29) is 30.6 Å².